The lowest BCUT2D eigenvalue weighted by Crippen LogP contribution is -2.20. The number of hydrogen-bond acceptors (Lipinski definition) is 2. The zero-order valence-corrected chi connectivity index (χ0v) is 11.9. The van der Waals surface area contributed by atoms with Crippen LogP contribution in [0.1, 0.15) is 58.8 Å². The molecule has 0 radical (unpaired) electrons. The molecule has 1 heterocycles. The molecule has 0 spiro atoms. The summed E-state index contributed by atoms with van der Waals surface area (Å²) in [7, 11) is 0. The summed E-state index contributed by atoms with van der Waals surface area (Å²) in [5, 5.41) is 7.01. The first-order valence-corrected chi connectivity index (χ1v) is 7.70. The van der Waals surface area contributed by atoms with E-state index in [1.807, 2.05) is 0 Å². The predicted octanol–water partition coefficient (Wildman–Crippen LogP) is 3.18. The molecule has 0 aromatic heterocycles. The Labute approximate surface area is 108 Å². The fourth-order valence-corrected chi connectivity index (χ4v) is 2.55. The Morgan fingerprint density at radius 1 is 1.12 bits per heavy atom. The largest absolute Gasteiger partial charge is 0.317 e. The zero-order valence-electron chi connectivity index (χ0n) is 11.9. The second-order valence-corrected chi connectivity index (χ2v) is 5.99. The van der Waals surface area contributed by atoms with Crippen molar-refractivity contribution in [1.82, 2.24) is 10.6 Å². The van der Waals surface area contributed by atoms with Crippen LogP contribution in [0, 0.1) is 11.8 Å². The average Bonchev–Trinajstić information content (AvgIpc) is 2.79. The Bertz CT molecular complexity index is 162. The van der Waals surface area contributed by atoms with Gasteiger partial charge in [-0.15, -0.1) is 0 Å². The summed E-state index contributed by atoms with van der Waals surface area (Å²) < 4.78 is 0. The van der Waals surface area contributed by atoms with Gasteiger partial charge in [0, 0.05) is 0 Å². The Balaban J connectivity index is 1.72. The monoisotopic (exact) mass is 240 g/mol. The number of nitrogens with one attached hydrogen (secondary N) is 2. The maximum atomic E-state index is 3.58. The van der Waals surface area contributed by atoms with Crippen LogP contribution in [0.25, 0.3) is 0 Å². The van der Waals surface area contributed by atoms with Gasteiger partial charge < -0.3 is 10.6 Å². The third-order valence-corrected chi connectivity index (χ3v) is 3.78. The van der Waals surface area contributed by atoms with Crippen LogP contribution < -0.4 is 10.6 Å². The van der Waals surface area contributed by atoms with Gasteiger partial charge in [-0.1, -0.05) is 39.5 Å². The molecule has 2 heteroatoms. The first-order chi connectivity index (χ1) is 8.29. The maximum absolute atomic E-state index is 3.58. The molecule has 0 aromatic rings. The molecule has 0 bridgehead atoms. The van der Waals surface area contributed by atoms with E-state index in [0.29, 0.717) is 0 Å². The van der Waals surface area contributed by atoms with E-state index in [0.717, 1.165) is 11.8 Å². The van der Waals surface area contributed by atoms with E-state index in [1.165, 1.54) is 71.1 Å². The number of unbranched alkanes of at least 4 members (excludes halogenated alkanes) is 3. The Kier molecular flexibility index (Phi) is 8.72. The van der Waals surface area contributed by atoms with Gasteiger partial charge >= 0.3 is 0 Å². The average molecular weight is 240 g/mol. The van der Waals surface area contributed by atoms with Crippen LogP contribution in [0.15, 0.2) is 0 Å². The van der Waals surface area contributed by atoms with Crippen molar-refractivity contribution in [2.24, 2.45) is 11.8 Å². The van der Waals surface area contributed by atoms with Crippen LogP contribution in [-0.4, -0.2) is 26.2 Å². The van der Waals surface area contributed by atoms with Crippen molar-refractivity contribution in [2.75, 3.05) is 26.2 Å². The van der Waals surface area contributed by atoms with Crippen molar-refractivity contribution in [1.29, 1.82) is 0 Å². The molecule has 17 heavy (non-hydrogen) atoms. The number of hydrogen-bond donors (Lipinski definition) is 2. The lowest BCUT2D eigenvalue weighted by atomic mass is 10.0. The molecular formula is C15H32N2. The molecule has 1 aliphatic rings. The molecule has 102 valence electrons. The van der Waals surface area contributed by atoms with Crippen LogP contribution >= 0.6 is 0 Å². The van der Waals surface area contributed by atoms with Gasteiger partial charge in [0.2, 0.25) is 0 Å². The van der Waals surface area contributed by atoms with Crippen LogP contribution in [-0.2, 0) is 0 Å². The minimum absolute atomic E-state index is 0.883. The second-order valence-electron chi connectivity index (χ2n) is 5.99. The lowest BCUT2D eigenvalue weighted by Gasteiger charge is -2.09. The highest BCUT2D eigenvalue weighted by atomic mass is 14.9. The van der Waals surface area contributed by atoms with Crippen molar-refractivity contribution >= 4 is 0 Å². The van der Waals surface area contributed by atoms with Crippen molar-refractivity contribution in [3.8, 4) is 0 Å². The fraction of sp³-hybridized carbons (Fsp3) is 1.00. The molecule has 1 aliphatic heterocycles. The highest BCUT2D eigenvalue weighted by Gasteiger charge is 2.12. The minimum atomic E-state index is 0.883. The van der Waals surface area contributed by atoms with E-state index in [1.54, 1.807) is 0 Å². The molecule has 0 saturated carbocycles. The molecule has 2 N–H and O–H groups in total. The van der Waals surface area contributed by atoms with Gasteiger partial charge in [-0.3, -0.25) is 0 Å². The van der Waals surface area contributed by atoms with E-state index >= 15 is 0 Å². The third-order valence-electron chi connectivity index (χ3n) is 3.78. The van der Waals surface area contributed by atoms with Gasteiger partial charge in [0.1, 0.15) is 0 Å². The van der Waals surface area contributed by atoms with Crippen molar-refractivity contribution in [3.05, 3.63) is 0 Å². The van der Waals surface area contributed by atoms with Gasteiger partial charge in [0.25, 0.3) is 0 Å². The molecular weight excluding hydrogens is 208 g/mol. The standard InChI is InChI=1S/C15H32N2/c1-14(2)7-5-3-4-6-10-16-11-8-15-9-12-17-13-15/h14-17H,3-13H2,1-2H3. The van der Waals surface area contributed by atoms with Crippen LogP contribution in [0.2, 0.25) is 0 Å². The Hall–Kier alpha value is -0.0800. The Morgan fingerprint density at radius 2 is 1.94 bits per heavy atom. The predicted molar refractivity (Wildman–Crippen MR) is 76.4 cm³/mol. The molecule has 0 aromatic carbocycles. The summed E-state index contributed by atoms with van der Waals surface area (Å²) in [6.45, 7) is 9.57. The summed E-state index contributed by atoms with van der Waals surface area (Å²) in [5.41, 5.74) is 0. The zero-order chi connectivity index (χ0) is 12.3. The molecule has 0 aliphatic carbocycles. The molecule has 0 amide bonds. The highest BCUT2D eigenvalue weighted by molar-refractivity contribution is 4.71. The van der Waals surface area contributed by atoms with Crippen molar-refractivity contribution < 1.29 is 0 Å². The summed E-state index contributed by atoms with van der Waals surface area (Å²) in [5.74, 6) is 1.82. The first-order valence-electron chi connectivity index (χ1n) is 7.70. The summed E-state index contributed by atoms with van der Waals surface area (Å²) in [6, 6.07) is 0. The summed E-state index contributed by atoms with van der Waals surface area (Å²) in [6.07, 6.45) is 9.77. The van der Waals surface area contributed by atoms with Crippen LogP contribution in [0.5, 0.6) is 0 Å². The van der Waals surface area contributed by atoms with Gasteiger partial charge in [-0.25, -0.2) is 0 Å². The summed E-state index contributed by atoms with van der Waals surface area (Å²) in [4.78, 5) is 0. The van der Waals surface area contributed by atoms with Gasteiger partial charge in [-0.2, -0.15) is 0 Å². The van der Waals surface area contributed by atoms with E-state index in [9.17, 15) is 0 Å². The van der Waals surface area contributed by atoms with Crippen LogP contribution in [0.3, 0.4) is 0 Å². The van der Waals surface area contributed by atoms with E-state index in [-0.39, 0.29) is 0 Å². The SMILES string of the molecule is CC(C)CCCCCCNCCC1CCNC1. The van der Waals surface area contributed by atoms with Gasteiger partial charge in [-0.05, 0) is 57.3 Å². The normalized spacial score (nSPS) is 20.3. The topological polar surface area (TPSA) is 24.1 Å². The van der Waals surface area contributed by atoms with Crippen molar-refractivity contribution in [3.63, 3.8) is 0 Å². The summed E-state index contributed by atoms with van der Waals surface area (Å²) >= 11 is 0. The third kappa shape index (κ3) is 8.62. The lowest BCUT2D eigenvalue weighted by molar-refractivity contribution is 0.483. The molecule has 1 fully saturated rings. The Morgan fingerprint density at radius 3 is 2.65 bits per heavy atom. The molecule has 1 saturated heterocycles. The minimum Gasteiger partial charge on any atom is -0.317 e. The fourth-order valence-electron chi connectivity index (χ4n) is 2.55. The first kappa shape index (κ1) is 15.0. The highest BCUT2D eigenvalue weighted by Crippen LogP contribution is 2.11. The molecule has 1 atom stereocenters. The molecule has 2 nitrogen and oxygen atoms in total. The number of rotatable bonds is 10. The molecule has 1 rings (SSSR count). The second kappa shape index (κ2) is 9.90. The van der Waals surface area contributed by atoms with Gasteiger partial charge in [0.15, 0.2) is 0 Å². The van der Waals surface area contributed by atoms with E-state index in [2.05, 4.69) is 24.5 Å². The van der Waals surface area contributed by atoms with E-state index < -0.39 is 0 Å². The van der Waals surface area contributed by atoms with E-state index in [4.69, 9.17) is 0 Å². The van der Waals surface area contributed by atoms with Crippen LogP contribution in [0.4, 0.5) is 0 Å². The van der Waals surface area contributed by atoms with Gasteiger partial charge in [0.05, 0.1) is 0 Å². The smallest absolute Gasteiger partial charge is 0.00196 e. The maximum Gasteiger partial charge on any atom is -0.00196 e. The quantitative estimate of drug-likeness (QED) is 0.573. The van der Waals surface area contributed by atoms with Crippen molar-refractivity contribution in [2.45, 2.75) is 58.8 Å². The molecule has 1 unspecified atom stereocenters.